The minimum Gasteiger partial charge on any atom is -0.236 e. The van der Waals surface area contributed by atoms with E-state index >= 15 is 0 Å². The van der Waals surface area contributed by atoms with Gasteiger partial charge in [0.25, 0.3) is 0 Å². The maximum absolute atomic E-state index is 4.47. The largest absolute Gasteiger partial charge is 0.236 e. The molecule has 96 valence electrons. The van der Waals surface area contributed by atoms with Crippen LogP contribution >= 0.6 is 0 Å². The first-order valence-corrected chi connectivity index (χ1v) is 6.27. The third kappa shape index (κ3) is 2.92. The zero-order chi connectivity index (χ0) is 13.6. The number of hydrogen-bond donors (Lipinski definition) is 0. The topological polar surface area (TPSA) is 50.5 Å². The van der Waals surface area contributed by atoms with Crippen LogP contribution in [0.25, 0.3) is 11.3 Å². The van der Waals surface area contributed by atoms with Gasteiger partial charge in [-0.05, 0) is 24.3 Å². The highest BCUT2D eigenvalue weighted by Gasteiger charge is 1.99. The van der Waals surface area contributed by atoms with Crippen LogP contribution in [0.15, 0.2) is 83.2 Å². The molecule has 0 aliphatic rings. The van der Waals surface area contributed by atoms with Gasteiger partial charge >= 0.3 is 0 Å². The van der Waals surface area contributed by atoms with Crippen molar-refractivity contribution in [1.29, 1.82) is 0 Å². The summed E-state index contributed by atoms with van der Waals surface area (Å²) in [6.45, 7) is 0. The summed E-state index contributed by atoms with van der Waals surface area (Å²) in [6.07, 6.45) is 1.68. The van der Waals surface area contributed by atoms with E-state index in [1.807, 2.05) is 60.7 Å². The van der Waals surface area contributed by atoms with Gasteiger partial charge in [0.15, 0.2) is 11.6 Å². The summed E-state index contributed by atoms with van der Waals surface area (Å²) >= 11 is 0. The number of rotatable bonds is 3. The fourth-order valence-electron chi connectivity index (χ4n) is 1.76. The summed E-state index contributed by atoms with van der Waals surface area (Å²) in [5, 5.41) is 8.18. The van der Waals surface area contributed by atoms with E-state index in [4.69, 9.17) is 0 Å². The summed E-state index contributed by atoms with van der Waals surface area (Å²) in [7, 11) is 0. The lowest BCUT2D eigenvalue weighted by atomic mass is 10.1. The average Bonchev–Trinajstić information content (AvgIpc) is 2.55. The molecular formula is C16H12N4. The number of nitrogens with zero attached hydrogens (tertiary/aromatic N) is 4. The standard InChI is InChI=1S/C16H12N4/c1-2-7-13(8-3-1)14-9-6-11-16(18-14)20-19-15-10-4-5-12-17-15/h1-12H. The zero-order valence-electron chi connectivity index (χ0n) is 10.7. The van der Waals surface area contributed by atoms with Crippen molar-refractivity contribution < 1.29 is 0 Å². The van der Waals surface area contributed by atoms with Crippen molar-refractivity contribution in [3.8, 4) is 11.3 Å². The molecule has 0 spiro atoms. The second kappa shape index (κ2) is 5.84. The zero-order valence-corrected chi connectivity index (χ0v) is 10.7. The normalized spacial score (nSPS) is 10.8. The van der Waals surface area contributed by atoms with Gasteiger partial charge in [0.2, 0.25) is 0 Å². The lowest BCUT2D eigenvalue weighted by molar-refractivity contribution is 1.11. The summed E-state index contributed by atoms with van der Waals surface area (Å²) < 4.78 is 0. The molecule has 0 aliphatic carbocycles. The molecule has 20 heavy (non-hydrogen) atoms. The van der Waals surface area contributed by atoms with E-state index in [2.05, 4.69) is 20.2 Å². The first-order valence-electron chi connectivity index (χ1n) is 6.27. The monoisotopic (exact) mass is 260 g/mol. The Hall–Kier alpha value is -2.88. The molecule has 3 rings (SSSR count). The van der Waals surface area contributed by atoms with Crippen molar-refractivity contribution in [2.45, 2.75) is 0 Å². The summed E-state index contributed by atoms with van der Waals surface area (Å²) in [6, 6.07) is 21.2. The Balaban J connectivity index is 1.87. The van der Waals surface area contributed by atoms with Gasteiger partial charge in [-0.3, -0.25) is 0 Å². The Bertz CT molecular complexity index is 709. The van der Waals surface area contributed by atoms with Crippen LogP contribution in [0.1, 0.15) is 0 Å². The lowest BCUT2D eigenvalue weighted by Gasteiger charge is -2.00. The first kappa shape index (κ1) is 12.2. The molecule has 0 unspecified atom stereocenters. The van der Waals surface area contributed by atoms with Crippen LogP contribution in [0.2, 0.25) is 0 Å². The van der Waals surface area contributed by atoms with Crippen LogP contribution in [0.3, 0.4) is 0 Å². The molecule has 0 saturated carbocycles. The van der Waals surface area contributed by atoms with Gasteiger partial charge < -0.3 is 0 Å². The molecule has 0 N–H and O–H groups in total. The molecule has 2 heterocycles. The van der Waals surface area contributed by atoms with Crippen molar-refractivity contribution in [3.05, 3.63) is 72.9 Å². The van der Waals surface area contributed by atoms with Gasteiger partial charge in [-0.15, -0.1) is 10.2 Å². The van der Waals surface area contributed by atoms with Crippen LogP contribution in [0.4, 0.5) is 11.6 Å². The Labute approximate surface area is 116 Å². The van der Waals surface area contributed by atoms with Crippen molar-refractivity contribution in [2.24, 2.45) is 10.2 Å². The fraction of sp³-hybridized carbons (Fsp3) is 0. The van der Waals surface area contributed by atoms with Gasteiger partial charge in [-0.25, -0.2) is 9.97 Å². The molecule has 0 bridgehead atoms. The molecule has 1 aromatic carbocycles. The second-order valence-electron chi connectivity index (χ2n) is 4.13. The minimum atomic E-state index is 0.567. The third-order valence-electron chi connectivity index (χ3n) is 2.71. The Kier molecular flexibility index (Phi) is 3.55. The van der Waals surface area contributed by atoms with Gasteiger partial charge in [-0.1, -0.05) is 42.5 Å². The first-order chi connectivity index (χ1) is 9.92. The Morgan fingerprint density at radius 1 is 0.650 bits per heavy atom. The molecule has 0 fully saturated rings. The SMILES string of the molecule is c1ccc(-c2cccc(N=Nc3ccccn3)n2)cc1. The van der Waals surface area contributed by atoms with Gasteiger partial charge in [0.05, 0.1) is 5.69 Å². The van der Waals surface area contributed by atoms with E-state index in [9.17, 15) is 0 Å². The molecule has 4 nitrogen and oxygen atoms in total. The predicted molar refractivity (Wildman–Crippen MR) is 78.1 cm³/mol. The smallest absolute Gasteiger partial charge is 0.175 e. The Morgan fingerprint density at radius 2 is 1.40 bits per heavy atom. The van der Waals surface area contributed by atoms with E-state index in [1.54, 1.807) is 12.3 Å². The molecule has 0 saturated heterocycles. The number of aromatic nitrogens is 2. The maximum Gasteiger partial charge on any atom is 0.175 e. The number of benzene rings is 1. The Morgan fingerprint density at radius 3 is 2.20 bits per heavy atom. The van der Waals surface area contributed by atoms with E-state index in [0.29, 0.717) is 11.6 Å². The van der Waals surface area contributed by atoms with Gasteiger partial charge in [0, 0.05) is 11.8 Å². The quantitative estimate of drug-likeness (QED) is 0.648. The number of azo groups is 1. The average molecular weight is 260 g/mol. The van der Waals surface area contributed by atoms with E-state index < -0.39 is 0 Å². The maximum atomic E-state index is 4.47. The molecule has 0 amide bonds. The highest BCUT2D eigenvalue weighted by atomic mass is 15.2. The van der Waals surface area contributed by atoms with Crippen LogP contribution in [-0.4, -0.2) is 9.97 Å². The predicted octanol–water partition coefficient (Wildman–Crippen LogP) is 4.56. The third-order valence-corrected chi connectivity index (χ3v) is 2.71. The molecule has 0 radical (unpaired) electrons. The van der Waals surface area contributed by atoms with Crippen LogP contribution < -0.4 is 0 Å². The highest BCUT2D eigenvalue weighted by molar-refractivity contribution is 5.60. The molecule has 4 heteroatoms. The molecule has 0 atom stereocenters. The van der Waals surface area contributed by atoms with E-state index in [-0.39, 0.29) is 0 Å². The van der Waals surface area contributed by atoms with E-state index in [0.717, 1.165) is 11.3 Å². The minimum absolute atomic E-state index is 0.567. The molecule has 0 aliphatic heterocycles. The van der Waals surface area contributed by atoms with Gasteiger partial charge in [-0.2, -0.15) is 0 Å². The van der Waals surface area contributed by atoms with Crippen molar-refractivity contribution >= 4 is 11.6 Å². The summed E-state index contributed by atoms with van der Waals surface area (Å²) in [5.41, 5.74) is 1.94. The van der Waals surface area contributed by atoms with Crippen LogP contribution in [0.5, 0.6) is 0 Å². The van der Waals surface area contributed by atoms with Crippen LogP contribution in [-0.2, 0) is 0 Å². The van der Waals surface area contributed by atoms with Crippen molar-refractivity contribution in [3.63, 3.8) is 0 Å². The molecule has 2 aromatic heterocycles. The second-order valence-corrected chi connectivity index (χ2v) is 4.13. The summed E-state index contributed by atoms with van der Waals surface area (Å²) in [4.78, 5) is 8.56. The van der Waals surface area contributed by atoms with Gasteiger partial charge in [0.1, 0.15) is 0 Å². The number of hydrogen-bond acceptors (Lipinski definition) is 4. The van der Waals surface area contributed by atoms with Crippen molar-refractivity contribution in [2.75, 3.05) is 0 Å². The molecular weight excluding hydrogens is 248 g/mol. The van der Waals surface area contributed by atoms with Crippen LogP contribution in [0, 0.1) is 0 Å². The highest BCUT2D eigenvalue weighted by Crippen LogP contribution is 2.20. The van der Waals surface area contributed by atoms with Crippen molar-refractivity contribution in [1.82, 2.24) is 9.97 Å². The summed E-state index contributed by atoms with van der Waals surface area (Å²) in [5.74, 6) is 1.14. The van der Waals surface area contributed by atoms with E-state index in [1.165, 1.54) is 0 Å². The lowest BCUT2D eigenvalue weighted by Crippen LogP contribution is -1.82. The fourth-order valence-corrected chi connectivity index (χ4v) is 1.76. The number of pyridine rings is 2. The molecule has 3 aromatic rings.